The van der Waals surface area contributed by atoms with E-state index in [1.54, 1.807) is 23.5 Å². The molecule has 1 aliphatic rings. The van der Waals surface area contributed by atoms with Crippen molar-refractivity contribution in [2.75, 3.05) is 25.0 Å². The van der Waals surface area contributed by atoms with Gasteiger partial charge in [-0.25, -0.2) is 9.78 Å². The zero-order chi connectivity index (χ0) is 19.5. The highest BCUT2D eigenvalue weighted by atomic mass is 35.5. The van der Waals surface area contributed by atoms with Gasteiger partial charge in [-0.15, -0.1) is 11.3 Å². The minimum absolute atomic E-state index is 0.0945. The van der Waals surface area contributed by atoms with Gasteiger partial charge in [0.15, 0.2) is 0 Å². The molecule has 146 valence electrons. The summed E-state index contributed by atoms with van der Waals surface area (Å²) in [7, 11) is 0. The molecule has 0 unspecified atom stereocenters. The molecule has 0 atom stereocenters. The van der Waals surface area contributed by atoms with Crippen molar-refractivity contribution >= 4 is 44.9 Å². The molecule has 0 spiro atoms. The Labute approximate surface area is 173 Å². The van der Waals surface area contributed by atoms with Crippen molar-refractivity contribution in [2.45, 2.75) is 25.7 Å². The number of urea groups is 1. The lowest BCUT2D eigenvalue weighted by molar-refractivity contribution is 0.194. The molecule has 0 radical (unpaired) electrons. The van der Waals surface area contributed by atoms with Gasteiger partial charge in [0.2, 0.25) is 0 Å². The zero-order valence-electron chi connectivity index (χ0n) is 15.7. The molecule has 1 fully saturated rings. The summed E-state index contributed by atoms with van der Waals surface area (Å²) >= 11 is 7.97. The summed E-state index contributed by atoms with van der Waals surface area (Å²) in [6.07, 6.45) is 1.86. The maximum absolute atomic E-state index is 12.6. The molecule has 0 aliphatic carbocycles. The molecule has 5 nitrogen and oxygen atoms in total. The first-order valence-corrected chi connectivity index (χ1v) is 10.7. The lowest BCUT2D eigenvalue weighted by Gasteiger charge is -2.31. The molecule has 1 N–H and O–H groups in total. The van der Waals surface area contributed by atoms with Crippen LogP contribution in [0.3, 0.4) is 0 Å². The molecule has 7 heteroatoms. The van der Waals surface area contributed by atoms with E-state index < -0.39 is 0 Å². The van der Waals surface area contributed by atoms with Crippen molar-refractivity contribution in [3.8, 4) is 5.75 Å². The van der Waals surface area contributed by atoms with Crippen LogP contribution in [0, 0.1) is 0 Å². The number of hydrogen-bond donors (Lipinski definition) is 1. The summed E-state index contributed by atoms with van der Waals surface area (Å²) in [6, 6.07) is 13.4. The number of anilines is 1. The molecule has 4 rings (SSSR count). The topological polar surface area (TPSA) is 54.5 Å². The highest BCUT2D eigenvalue weighted by Crippen LogP contribution is 2.34. The third-order valence-electron chi connectivity index (χ3n) is 4.92. The number of carbonyl (C=O) groups is 1. The van der Waals surface area contributed by atoms with Crippen molar-refractivity contribution in [2.24, 2.45) is 0 Å². The van der Waals surface area contributed by atoms with Gasteiger partial charge in [0.25, 0.3) is 0 Å². The van der Waals surface area contributed by atoms with Crippen LogP contribution in [0.15, 0.2) is 42.5 Å². The van der Waals surface area contributed by atoms with Gasteiger partial charge in [-0.2, -0.15) is 0 Å². The smallest absolute Gasteiger partial charge is 0.321 e. The van der Waals surface area contributed by atoms with Gasteiger partial charge in [0, 0.05) is 24.7 Å². The molecule has 28 heavy (non-hydrogen) atoms. The number of likely N-dealkylation sites (tertiary alicyclic amines) is 1. The molecular formula is C21H22ClN3O2S. The van der Waals surface area contributed by atoms with E-state index in [-0.39, 0.29) is 6.03 Å². The number of amides is 2. The monoisotopic (exact) mass is 415 g/mol. The second-order valence-electron chi connectivity index (χ2n) is 6.79. The number of aromatic nitrogens is 1. The van der Waals surface area contributed by atoms with Crippen LogP contribution < -0.4 is 10.1 Å². The number of hydrogen-bond acceptors (Lipinski definition) is 4. The van der Waals surface area contributed by atoms with Crippen molar-refractivity contribution in [3.05, 3.63) is 52.5 Å². The Hall–Kier alpha value is -2.31. The summed E-state index contributed by atoms with van der Waals surface area (Å²) < 4.78 is 6.66. The standard InChI is InChI=1S/C21H22ClN3O2S/c1-2-27-18-8-7-15(13-16(18)22)23-21(26)25-11-9-14(10-12-25)20-24-17-5-3-4-6-19(17)28-20/h3-8,13-14H,2,9-12H2,1H3,(H,23,26). The third kappa shape index (κ3) is 4.08. The van der Waals surface area contributed by atoms with E-state index in [4.69, 9.17) is 21.3 Å². The van der Waals surface area contributed by atoms with E-state index in [2.05, 4.69) is 17.4 Å². The molecule has 2 heterocycles. The van der Waals surface area contributed by atoms with Gasteiger partial charge < -0.3 is 15.0 Å². The Morgan fingerprint density at radius 3 is 2.79 bits per heavy atom. The first-order chi connectivity index (χ1) is 13.6. The van der Waals surface area contributed by atoms with Crippen LogP contribution in [0.4, 0.5) is 10.5 Å². The SMILES string of the molecule is CCOc1ccc(NC(=O)N2CCC(c3nc4ccccc4s3)CC2)cc1Cl. The van der Waals surface area contributed by atoms with Crippen LogP contribution in [0.25, 0.3) is 10.2 Å². The molecule has 1 aromatic heterocycles. The molecular weight excluding hydrogens is 394 g/mol. The van der Waals surface area contributed by atoms with Gasteiger partial charge in [0.1, 0.15) is 5.75 Å². The third-order valence-corrected chi connectivity index (χ3v) is 6.42. The maximum Gasteiger partial charge on any atom is 0.321 e. The van der Waals surface area contributed by atoms with E-state index in [0.29, 0.717) is 29.0 Å². The molecule has 1 saturated heterocycles. The lowest BCUT2D eigenvalue weighted by atomic mass is 9.98. The second-order valence-corrected chi connectivity index (χ2v) is 8.26. The number of fused-ring (bicyclic) bond motifs is 1. The Kier molecular flexibility index (Phi) is 5.69. The number of para-hydroxylation sites is 1. The fourth-order valence-corrected chi connectivity index (χ4v) is 4.82. The Bertz CT molecular complexity index is 950. The van der Waals surface area contributed by atoms with E-state index in [9.17, 15) is 4.79 Å². The summed E-state index contributed by atoms with van der Waals surface area (Å²) in [5.41, 5.74) is 1.74. The maximum atomic E-state index is 12.6. The molecule has 3 aromatic rings. The minimum atomic E-state index is -0.0945. The quantitative estimate of drug-likeness (QED) is 0.589. The first-order valence-electron chi connectivity index (χ1n) is 9.48. The number of halogens is 1. The summed E-state index contributed by atoms with van der Waals surface area (Å²) in [5.74, 6) is 1.04. The predicted molar refractivity (Wildman–Crippen MR) is 115 cm³/mol. The van der Waals surface area contributed by atoms with E-state index in [1.165, 1.54) is 9.71 Å². The number of rotatable bonds is 4. The number of nitrogens with one attached hydrogen (secondary N) is 1. The van der Waals surface area contributed by atoms with Gasteiger partial charge >= 0.3 is 6.03 Å². The summed E-state index contributed by atoms with van der Waals surface area (Å²) in [4.78, 5) is 19.2. The van der Waals surface area contributed by atoms with E-state index >= 15 is 0 Å². The number of carbonyl (C=O) groups excluding carboxylic acids is 1. The number of piperidine rings is 1. The average Bonchev–Trinajstić information content (AvgIpc) is 3.14. The van der Waals surface area contributed by atoms with Crippen LogP contribution in [-0.2, 0) is 0 Å². The van der Waals surface area contributed by atoms with Gasteiger partial charge in [-0.05, 0) is 50.1 Å². The van der Waals surface area contributed by atoms with Crippen molar-refractivity contribution in [1.29, 1.82) is 0 Å². The van der Waals surface area contributed by atoms with Crippen LogP contribution in [0.5, 0.6) is 5.75 Å². The minimum Gasteiger partial charge on any atom is -0.492 e. The van der Waals surface area contributed by atoms with Gasteiger partial charge in [-0.1, -0.05) is 23.7 Å². The number of benzene rings is 2. The van der Waals surface area contributed by atoms with E-state index in [1.807, 2.05) is 30.0 Å². The van der Waals surface area contributed by atoms with Crippen LogP contribution in [0.1, 0.15) is 30.7 Å². The molecule has 2 aromatic carbocycles. The second kappa shape index (κ2) is 8.37. The van der Waals surface area contributed by atoms with Crippen LogP contribution in [-0.4, -0.2) is 35.6 Å². The number of ether oxygens (including phenoxy) is 1. The number of nitrogens with zero attached hydrogens (tertiary/aromatic N) is 2. The van der Waals surface area contributed by atoms with E-state index in [0.717, 1.165) is 31.4 Å². The summed E-state index contributed by atoms with van der Waals surface area (Å²) in [6.45, 7) is 3.90. The predicted octanol–water partition coefficient (Wildman–Crippen LogP) is 5.76. The highest BCUT2D eigenvalue weighted by molar-refractivity contribution is 7.18. The summed E-state index contributed by atoms with van der Waals surface area (Å²) in [5, 5.41) is 4.61. The average molecular weight is 416 g/mol. The van der Waals surface area contributed by atoms with Crippen LogP contribution in [0.2, 0.25) is 5.02 Å². The van der Waals surface area contributed by atoms with Crippen molar-refractivity contribution in [3.63, 3.8) is 0 Å². The highest BCUT2D eigenvalue weighted by Gasteiger charge is 2.26. The molecule has 1 aliphatic heterocycles. The lowest BCUT2D eigenvalue weighted by Crippen LogP contribution is -2.40. The van der Waals surface area contributed by atoms with Gasteiger partial charge in [-0.3, -0.25) is 0 Å². The number of thiazole rings is 1. The largest absolute Gasteiger partial charge is 0.492 e. The fraction of sp³-hybridized carbons (Fsp3) is 0.333. The molecule has 0 saturated carbocycles. The first kappa shape index (κ1) is 19.0. The Morgan fingerprint density at radius 1 is 1.29 bits per heavy atom. The van der Waals surface area contributed by atoms with Gasteiger partial charge in [0.05, 0.1) is 26.9 Å². The van der Waals surface area contributed by atoms with Crippen molar-refractivity contribution < 1.29 is 9.53 Å². The Morgan fingerprint density at radius 2 is 2.07 bits per heavy atom. The normalized spacial score (nSPS) is 15.0. The van der Waals surface area contributed by atoms with Crippen molar-refractivity contribution in [1.82, 2.24) is 9.88 Å². The Balaban J connectivity index is 1.35. The molecule has 2 amide bonds. The fourth-order valence-electron chi connectivity index (χ4n) is 3.45. The zero-order valence-corrected chi connectivity index (χ0v) is 17.2. The molecule has 0 bridgehead atoms. The van der Waals surface area contributed by atoms with Crippen LogP contribution >= 0.6 is 22.9 Å².